The van der Waals surface area contributed by atoms with E-state index in [1.165, 1.54) is 0 Å². The molecule has 100 valence electrons. The Morgan fingerprint density at radius 1 is 1.32 bits per heavy atom. The average Bonchev–Trinajstić information content (AvgIpc) is 2.38. The Hall–Kier alpha value is -2.37. The summed E-state index contributed by atoms with van der Waals surface area (Å²) in [5.41, 5.74) is 8.25. The summed E-state index contributed by atoms with van der Waals surface area (Å²) in [5.74, 6) is 0.775. The number of nitrogens with two attached hydrogens (primary N) is 1. The van der Waals surface area contributed by atoms with E-state index in [1.54, 1.807) is 12.3 Å². The summed E-state index contributed by atoms with van der Waals surface area (Å²) >= 11 is 0. The summed E-state index contributed by atoms with van der Waals surface area (Å²) in [6.45, 7) is 5.89. The third kappa shape index (κ3) is 2.57. The van der Waals surface area contributed by atoms with Gasteiger partial charge >= 0.3 is 0 Å². The Kier molecular flexibility index (Phi) is 3.50. The molecule has 6 heteroatoms. The molecule has 0 unspecified atom stereocenters. The van der Waals surface area contributed by atoms with Gasteiger partial charge in [0.25, 0.3) is 5.56 Å². The molecule has 0 bridgehead atoms. The van der Waals surface area contributed by atoms with Gasteiger partial charge in [-0.15, -0.1) is 0 Å². The summed E-state index contributed by atoms with van der Waals surface area (Å²) < 4.78 is 5.26. The summed E-state index contributed by atoms with van der Waals surface area (Å²) in [6.07, 6.45) is 1.56. The van der Waals surface area contributed by atoms with Crippen molar-refractivity contribution in [3.05, 3.63) is 34.0 Å². The monoisotopic (exact) mass is 260 g/mol. The summed E-state index contributed by atoms with van der Waals surface area (Å²) in [7, 11) is 0. The number of pyridine rings is 1. The molecule has 3 N–H and O–H groups in total. The minimum absolute atomic E-state index is 0.260. The maximum atomic E-state index is 11.5. The number of nitrogen functional groups attached to an aromatic ring is 1. The lowest BCUT2D eigenvalue weighted by Gasteiger charge is -2.08. The molecular formula is C13H16N4O2. The first-order valence-corrected chi connectivity index (χ1v) is 5.99. The van der Waals surface area contributed by atoms with E-state index < -0.39 is 0 Å². The molecule has 0 fully saturated rings. The Labute approximate surface area is 110 Å². The van der Waals surface area contributed by atoms with Gasteiger partial charge in [-0.25, -0.2) is 9.97 Å². The molecule has 2 heterocycles. The number of hydrogen-bond acceptors (Lipinski definition) is 5. The molecular weight excluding hydrogens is 244 g/mol. The van der Waals surface area contributed by atoms with Crippen LogP contribution in [0.15, 0.2) is 17.1 Å². The van der Waals surface area contributed by atoms with Crippen LogP contribution in [-0.2, 0) is 0 Å². The predicted molar refractivity (Wildman–Crippen MR) is 73.1 cm³/mol. The number of ether oxygens (including phenoxy) is 1. The van der Waals surface area contributed by atoms with Gasteiger partial charge in [0.1, 0.15) is 0 Å². The zero-order valence-corrected chi connectivity index (χ0v) is 11.2. The fraction of sp³-hybridized carbons (Fsp3) is 0.308. The molecule has 0 saturated heterocycles. The van der Waals surface area contributed by atoms with E-state index in [2.05, 4.69) is 15.0 Å². The molecule has 0 amide bonds. The first-order valence-electron chi connectivity index (χ1n) is 5.99. The highest BCUT2D eigenvalue weighted by atomic mass is 16.5. The van der Waals surface area contributed by atoms with Gasteiger partial charge in [0.05, 0.1) is 23.7 Å². The second kappa shape index (κ2) is 5.09. The second-order valence-corrected chi connectivity index (χ2v) is 4.15. The fourth-order valence-corrected chi connectivity index (χ4v) is 1.71. The summed E-state index contributed by atoms with van der Waals surface area (Å²) in [4.78, 5) is 22.8. The fourth-order valence-electron chi connectivity index (χ4n) is 1.71. The van der Waals surface area contributed by atoms with Crippen molar-refractivity contribution >= 4 is 5.69 Å². The zero-order chi connectivity index (χ0) is 14.0. The van der Waals surface area contributed by atoms with Crippen LogP contribution in [0.25, 0.3) is 11.4 Å². The summed E-state index contributed by atoms with van der Waals surface area (Å²) in [5, 5.41) is 0. The molecule has 0 saturated carbocycles. The van der Waals surface area contributed by atoms with Gasteiger partial charge in [-0.2, -0.15) is 0 Å². The number of nitrogens with zero attached hydrogens (tertiary/aromatic N) is 2. The van der Waals surface area contributed by atoms with Gasteiger partial charge in [-0.1, -0.05) is 0 Å². The number of aromatic amines is 1. The predicted octanol–water partition coefficient (Wildman–Crippen LogP) is 1.43. The standard InChI is InChI=1S/C13H16N4O2/c1-4-19-10-5-9(6-15-13(10)18)12-16-7(2)11(14)8(3)17-12/h5-6H,4,14H2,1-3H3,(H,15,18). The highest BCUT2D eigenvalue weighted by Gasteiger charge is 2.10. The van der Waals surface area contributed by atoms with E-state index >= 15 is 0 Å². The largest absolute Gasteiger partial charge is 0.488 e. The van der Waals surface area contributed by atoms with Crippen molar-refractivity contribution in [1.82, 2.24) is 15.0 Å². The van der Waals surface area contributed by atoms with Crippen molar-refractivity contribution in [2.24, 2.45) is 0 Å². The van der Waals surface area contributed by atoms with Crippen LogP contribution in [0.5, 0.6) is 5.75 Å². The maximum absolute atomic E-state index is 11.5. The van der Waals surface area contributed by atoms with Crippen molar-refractivity contribution in [2.45, 2.75) is 20.8 Å². The molecule has 2 aromatic heterocycles. The lowest BCUT2D eigenvalue weighted by atomic mass is 10.2. The van der Waals surface area contributed by atoms with Crippen LogP contribution in [0.3, 0.4) is 0 Å². The Balaban J connectivity index is 2.53. The molecule has 0 aliphatic carbocycles. The van der Waals surface area contributed by atoms with Crippen LogP contribution in [0.1, 0.15) is 18.3 Å². The van der Waals surface area contributed by atoms with Crippen LogP contribution >= 0.6 is 0 Å². The first-order chi connectivity index (χ1) is 9.02. The molecule has 6 nitrogen and oxygen atoms in total. The van der Waals surface area contributed by atoms with Crippen molar-refractivity contribution in [3.63, 3.8) is 0 Å². The lowest BCUT2D eigenvalue weighted by molar-refractivity contribution is 0.335. The molecule has 0 aliphatic heterocycles. The van der Waals surface area contributed by atoms with Gasteiger partial charge in [-0.3, -0.25) is 4.79 Å². The number of nitrogens with one attached hydrogen (secondary N) is 1. The van der Waals surface area contributed by atoms with E-state index in [0.29, 0.717) is 35.1 Å². The lowest BCUT2D eigenvalue weighted by Crippen LogP contribution is -2.11. The van der Waals surface area contributed by atoms with E-state index in [-0.39, 0.29) is 11.3 Å². The topological polar surface area (TPSA) is 93.9 Å². The van der Waals surface area contributed by atoms with Crippen molar-refractivity contribution in [2.75, 3.05) is 12.3 Å². The molecule has 0 aromatic carbocycles. The minimum atomic E-state index is -0.269. The molecule has 2 aromatic rings. The van der Waals surface area contributed by atoms with Crippen LogP contribution in [0.4, 0.5) is 5.69 Å². The maximum Gasteiger partial charge on any atom is 0.290 e. The minimum Gasteiger partial charge on any atom is -0.488 e. The third-order valence-corrected chi connectivity index (χ3v) is 2.75. The molecule has 0 atom stereocenters. The van der Waals surface area contributed by atoms with E-state index in [0.717, 1.165) is 0 Å². The molecule has 0 radical (unpaired) electrons. The number of H-pyrrole nitrogens is 1. The molecule has 2 rings (SSSR count). The Morgan fingerprint density at radius 2 is 1.95 bits per heavy atom. The Bertz CT molecular complexity index is 641. The van der Waals surface area contributed by atoms with Crippen LogP contribution in [-0.4, -0.2) is 21.6 Å². The molecule has 19 heavy (non-hydrogen) atoms. The first kappa shape index (κ1) is 13.1. The molecule has 0 aliphatic rings. The van der Waals surface area contributed by atoms with Crippen molar-refractivity contribution in [3.8, 4) is 17.1 Å². The van der Waals surface area contributed by atoms with Gasteiger partial charge in [-0.05, 0) is 26.8 Å². The van der Waals surface area contributed by atoms with Crippen LogP contribution in [0.2, 0.25) is 0 Å². The van der Waals surface area contributed by atoms with Crippen LogP contribution in [0, 0.1) is 13.8 Å². The van der Waals surface area contributed by atoms with E-state index in [4.69, 9.17) is 10.5 Å². The highest BCUT2D eigenvalue weighted by Crippen LogP contribution is 2.20. The van der Waals surface area contributed by atoms with Gasteiger partial charge < -0.3 is 15.5 Å². The number of aromatic nitrogens is 3. The number of hydrogen-bond donors (Lipinski definition) is 2. The average molecular weight is 260 g/mol. The number of anilines is 1. The second-order valence-electron chi connectivity index (χ2n) is 4.15. The number of aryl methyl sites for hydroxylation is 2. The SMILES string of the molecule is CCOc1cc(-c2nc(C)c(N)c(C)n2)c[nH]c1=O. The van der Waals surface area contributed by atoms with Crippen molar-refractivity contribution in [1.29, 1.82) is 0 Å². The smallest absolute Gasteiger partial charge is 0.290 e. The normalized spacial score (nSPS) is 10.5. The Morgan fingerprint density at radius 3 is 2.53 bits per heavy atom. The van der Waals surface area contributed by atoms with Gasteiger partial charge in [0, 0.05) is 11.8 Å². The summed E-state index contributed by atoms with van der Waals surface area (Å²) in [6, 6.07) is 1.63. The van der Waals surface area contributed by atoms with Gasteiger partial charge in [0.2, 0.25) is 0 Å². The molecule has 0 spiro atoms. The third-order valence-electron chi connectivity index (χ3n) is 2.75. The quantitative estimate of drug-likeness (QED) is 0.870. The number of rotatable bonds is 3. The van der Waals surface area contributed by atoms with E-state index in [9.17, 15) is 4.79 Å². The highest BCUT2D eigenvalue weighted by molar-refractivity contribution is 5.59. The van der Waals surface area contributed by atoms with Gasteiger partial charge in [0.15, 0.2) is 11.6 Å². The van der Waals surface area contributed by atoms with E-state index in [1.807, 2.05) is 20.8 Å². The zero-order valence-electron chi connectivity index (χ0n) is 11.2. The van der Waals surface area contributed by atoms with Crippen LogP contribution < -0.4 is 16.0 Å². The van der Waals surface area contributed by atoms with Crippen molar-refractivity contribution < 1.29 is 4.74 Å².